The van der Waals surface area contributed by atoms with E-state index >= 15 is 0 Å². The van der Waals surface area contributed by atoms with Crippen LogP contribution < -0.4 is 0 Å². The molecule has 1 atom stereocenters. The van der Waals surface area contributed by atoms with Crippen LogP contribution in [0.15, 0.2) is 42.5 Å². The highest BCUT2D eigenvalue weighted by molar-refractivity contribution is 5.83. The molecule has 3 rings (SSSR count). The van der Waals surface area contributed by atoms with Gasteiger partial charge in [-0.25, -0.2) is 0 Å². The summed E-state index contributed by atoms with van der Waals surface area (Å²) in [5.74, 6) is 0.502. The number of carbonyl (C=O) groups is 1. The molecule has 2 aromatic rings. The van der Waals surface area contributed by atoms with Gasteiger partial charge in [0.1, 0.15) is 0 Å². The normalized spacial score (nSPS) is 18.7. The van der Waals surface area contributed by atoms with Crippen LogP contribution in [0.5, 0.6) is 0 Å². The lowest BCUT2D eigenvalue weighted by atomic mass is 9.95. The molecule has 0 radical (unpaired) electrons. The Bertz CT molecular complexity index is 693. The highest BCUT2D eigenvalue weighted by Crippen LogP contribution is 2.22. The standard InChI is InChI=1S/C21H28N2O/c1-3-23(4-2)21(24)20-10-7-13-22(16-20)15-17-11-12-18-8-5-6-9-19(18)14-17/h5-6,8-9,11-12,14,20H,3-4,7,10,13,15-16H2,1-2H3/t20-/m0/s1. The van der Waals surface area contributed by atoms with Crippen molar-refractivity contribution in [2.24, 2.45) is 5.92 Å². The van der Waals surface area contributed by atoms with Crippen molar-refractivity contribution in [1.29, 1.82) is 0 Å². The van der Waals surface area contributed by atoms with Crippen molar-refractivity contribution in [2.75, 3.05) is 26.2 Å². The first-order valence-corrected chi connectivity index (χ1v) is 9.20. The van der Waals surface area contributed by atoms with Crippen molar-refractivity contribution in [2.45, 2.75) is 33.2 Å². The molecule has 2 aromatic carbocycles. The van der Waals surface area contributed by atoms with Crippen molar-refractivity contribution >= 4 is 16.7 Å². The number of amides is 1. The molecule has 24 heavy (non-hydrogen) atoms. The topological polar surface area (TPSA) is 23.6 Å². The van der Waals surface area contributed by atoms with E-state index in [1.807, 2.05) is 4.90 Å². The quantitative estimate of drug-likeness (QED) is 0.832. The summed E-state index contributed by atoms with van der Waals surface area (Å²) in [5, 5.41) is 2.58. The van der Waals surface area contributed by atoms with E-state index < -0.39 is 0 Å². The van der Waals surface area contributed by atoms with Crippen LogP contribution in [0.3, 0.4) is 0 Å². The van der Waals surface area contributed by atoms with E-state index in [1.165, 1.54) is 16.3 Å². The SMILES string of the molecule is CCN(CC)C(=O)[C@H]1CCCN(Cc2ccc3ccccc3c2)C1. The monoisotopic (exact) mass is 324 g/mol. The van der Waals surface area contributed by atoms with Gasteiger partial charge in [-0.15, -0.1) is 0 Å². The van der Waals surface area contributed by atoms with Gasteiger partial charge in [-0.2, -0.15) is 0 Å². The predicted octanol–water partition coefficient (Wildman–Crippen LogP) is 3.92. The molecule has 0 saturated carbocycles. The van der Waals surface area contributed by atoms with Gasteiger partial charge in [-0.3, -0.25) is 9.69 Å². The fourth-order valence-electron chi connectivity index (χ4n) is 3.79. The highest BCUT2D eigenvalue weighted by Gasteiger charge is 2.28. The van der Waals surface area contributed by atoms with Crippen LogP contribution in [-0.4, -0.2) is 41.9 Å². The van der Waals surface area contributed by atoms with E-state index in [1.54, 1.807) is 0 Å². The largest absolute Gasteiger partial charge is 0.343 e. The Morgan fingerprint density at radius 1 is 1.12 bits per heavy atom. The molecule has 3 heteroatoms. The van der Waals surface area contributed by atoms with E-state index in [9.17, 15) is 4.79 Å². The van der Waals surface area contributed by atoms with Gasteiger partial charge in [0.15, 0.2) is 0 Å². The summed E-state index contributed by atoms with van der Waals surface area (Å²) in [5.41, 5.74) is 1.34. The maximum Gasteiger partial charge on any atom is 0.226 e. The fraction of sp³-hybridized carbons (Fsp3) is 0.476. The Hall–Kier alpha value is -1.87. The van der Waals surface area contributed by atoms with Crippen LogP contribution in [0, 0.1) is 5.92 Å². The van der Waals surface area contributed by atoms with Crippen molar-refractivity contribution < 1.29 is 4.79 Å². The second-order valence-corrected chi connectivity index (χ2v) is 6.77. The molecule has 0 spiro atoms. The lowest BCUT2D eigenvalue weighted by Crippen LogP contribution is -2.44. The summed E-state index contributed by atoms with van der Waals surface area (Å²) < 4.78 is 0. The minimum Gasteiger partial charge on any atom is -0.343 e. The molecular weight excluding hydrogens is 296 g/mol. The fourth-order valence-corrected chi connectivity index (χ4v) is 3.79. The van der Waals surface area contributed by atoms with Crippen molar-refractivity contribution in [3.05, 3.63) is 48.0 Å². The van der Waals surface area contributed by atoms with Crippen LogP contribution in [0.4, 0.5) is 0 Å². The van der Waals surface area contributed by atoms with Gasteiger partial charge in [0.05, 0.1) is 5.92 Å². The van der Waals surface area contributed by atoms with E-state index in [0.29, 0.717) is 5.91 Å². The molecule has 1 amide bonds. The van der Waals surface area contributed by atoms with Crippen LogP contribution in [0.2, 0.25) is 0 Å². The van der Waals surface area contributed by atoms with E-state index in [-0.39, 0.29) is 5.92 Å². The summed E-state index contributed by atoms with van der Waals surface area (Å²) in [6.07, 6.45) is 2.15. The van der Waals surface area contributed by atoms with E-state index in [0.717, 1.165) is 45.6 Å². The zero-order valence-corrected chi connectivity index (χ0v) is 14.9. The smallest absolute Gasteiger partial charge is 0.226 e. The van der Waals surface area contributed by atoms with E-state index in [2.05, 4.69) is 61.2 Å². The van der Waals surface area contributed by atoms with Crippen molar-refractivity contribution in [1.82, 2.24) is 9.80 Å². The van der Waals surface area contributed by atoms with Crippen LogP contribution in [0.25, 0.3) is 10.8 Å². The molecule has 3 nitrogen and oxygen atoms in total. The molecular formula is C21H28N2O. The van der Waals surface area contributed by atoms with Gasteiger partial charge >= 0.3 is 0 Å². The number of rotatable bonds is 5. The molecule has 0 unspecified atom stereocenters. The third-order valence-electron chi connectivity index (χ3n) is 5.15. The summed E-state index contributed by atoms with van der Waals surface area (Å²) in [7, 11) is 0. The third kappa shape index (κ3) is 3.78. The van der Waals surface area contributed by atoms with Crippen molar-refractivity contribution in [3.63, 3.8) is 0 Å². The zero-order valence-electron chi connectivity index (χ0n) is 14.9. The van der Waals surface area contributed by atoms with Crippen LogP contribution in [0.1, 0.15) is 32.3 Å². The Morgan fingerprint density at radius 3 is 2.62 bits per heavy atom. The van der Waals surface area contributed by atoms with Gasteiger partial charge in [0.2, 0.25) is 5.91 Å². The van der Waals surface area contributed by atoms with Gasteiger partial charge < -0.3 is 4.90 Å². The number of fused-ring (bicyclic) bond motifs is 1. The average Bonchev–Trinajstić information content (AvgIpc) is 2.63. The number of carbonyl (C=O) groups excluding carboxylic acids is 1. The molecule has 1 fully saturated rings. The molecule has 1 aliphatic rings. The summed E-state index contributed by atoms with van der Waals surface area (Å²) in [6, 6.07) is 15.2. The first-order valence-electron chi connectivity index (χ1n) is 9.20. The minimum absolute atomic E-state index is 0.166. The Morgan fingerprint density at radius 2 is 1.88 bits per heavy atom. The number of benzene rings is 2. The first-order chi connectivity index (χ1) is 11.7. The highest BCUT2D eigenvalue weighted by atomic mass is 16.2. The second-order valence-electron chi connectivity index (χ2n) is 6.77. The molecule has 128 valence electrons. The molecule has 0 N–H and O–H groups in total. The maximum absolute atomic E-state index is 12.6. The van der Waals surface area contributed by atoms with Gasteiger partial charge in [-0.05, 0) is 55.6 Å². The summed E-state index contributed by atoms with van der Waals surface area (Å²) >= 11 is 0. The Labute approximate surface area is 145 Å². The second kappa shape index (κ2) is 7.80. The van der Waals surface area contributed by atoms with Gasteiger partial charge in [-0.1, -0.05) is 36.4 Å². The summed E-state index contributed by atoms with van der Waals surface area (Å²) in [6.45, 7) is 8.69. The van der Waals surface area contributed by atoms with Gasteiger partial charge in [0.25, 0.3) is 0 Å². The Balaban J connectivity index is 1.67. The predicted molar refractivity (Wildman–Crippen MR) is 99.9 cm³/mol. The number of nitrogens with zero attached hydrogens (tertiary/aromatic N) is 2. The lowest BCUT2D eigenvalue weighted by Gasteiger charge is -2.34. The Kier molecular flexibility index (Phi) is 5.52. The van der Waals surface area contributed by atoms with Crippen LogP contribution >= 0.6 is 0 Å². The molecule has 0 bridgehead atoms. The molecule has 1 heterocycles. The third-order valence-corrected chi connectivity index (χ3v) is 5.15. The zero-order chi connectivity index (χ0) is 16.9. The molecule has 0 aromatic heterocycles. The lowest BCUT2D eigenvalue weighted by molar-refractivity contribution is -0.137. The number of piperidine rings is 1. The number of hydrogen-bond acceptors (Lipinski definition) is 2. The molecule has 1 aliphatic heterocycles. The van der Waals surface area contributed by atoms with E-state index in [4.69, 9.17) is 0 Å². The van der Waals surface area contributed by atoms with Crippen LogP contribution in [-0.2, 0) is 11.3 Å². The summed E-state index contributed by atoms with van der Waals surface area (Å²) in [4.78, 5) is 17.1. The number of likely N-dealkylation sites (tertiary alicyclic amines) is 1. The average molecular weight is 324 g/mol. The molecule has 1 saturated heterocycles. The molecule has 0 aliphatic carbocycles. The first kappa shape index (κ1) is 17.0. The number of hydrogen-bond donors (Lipinski definition) is 0. The minimum atomic E-state index is 0.166. The van der Waals surface area contributed by atoms with Crippen molar-refractivity contribution in [3.8, 4) is 0 Å². The maximum atomic E-state index is 12.6. The van der Waals surface area contributed by atoms with Gasteiger partial charge in [0, 0.05) is 26.2 Å².